The fourth-order valence-corrected chi connectivity index (χ4v) is 2.79. The molecule has 3 N–H and O–H groups in total. The van der Waals surface area contributed by atoms with Crippen LogP contribution in [0.5, 0.6) is 0 Å². The van der Waals surface area contributed by atoms with Gasteiger partial charge in [0.05, 0.1) is 23.9 Å². The first kappa shape index (κ1) is 13.1. The molecular formula is C15H19N3O2. The molecule has 5 heteroatoms. The Morgan fingerprint density at radius 1 is 1.30 bits per heavy atom. The van der Waals surface area contributed by atoms with Crippen molar-refractivity contribution in [3.8, 4) is 0 Å². The highest BCUT2D eigenvalue weighted by Gasteiger charge is 2.23. The van der Waals surface area contributed by atoms with Crippen molar-refractivity contribution in [3.63, 3.8) is 0 Å². The van der Waals surface area contributed by atoms with E-state index in [0.29, 0.717) is 5.56 Å². The molecule has 106 valence electrons. The number of aliphatic hydroxyl groups excluding tert-OH is 1. The number of benzene rings is 1. The van der Waals surface area contributed by atoms with Gasteiger partial charge in [-0.05, 0) is 31.0 Å². The lowest BCUT2D eigenvalue weighted by Crippen LogP contribution is -2.42. The van der Waals surface area contributed by atoms with Gasteiger partial charge in [-0.1, -0.05) is 19.3 Å². The summed E-state index contributed by atoms with van der Waals surface area (Å²) in [4.78, 5) is 12.3. The molecule has 20 heavy (non-hydrogen) atoms. The van der Waals surface area contributed by atoms with Crippen LogP contribution in [0, 0.1) is 0 Å². The molecule has 0 bridgehead atoms. The number of rotatable bonds is 2. The van der Waals surface area contributed by atoms with Gasteiger partial charge in [0.15, 0.2) is 0 Å². The number of hydrogen-bond donors (Lipinski definition) is 3. The fourth-order valence-electron chi connectivity index (χ4n) is 2.79. The molecule has 0 aliphatic heterocycles. The first-order valence-electron chi connectivity index (χ1n) is 7.16. The van der Waals surface area contributed by atoms with Crippen LogP contribution in [0.3, 0.4) is 0 Å². The van der Waals surface area contributed by atoms with Gasteiger partial charge in [-0.15, -0.1) is 0 Å². The Morgan fingerprint density at radius 3 is 3.05 bits per heavy atom. The van der Waals surface area contributed by atoms with Gasteiger partial charge in [0.1, 0.15) is 0 Å². The van der Waals surface area contributed by atoms with Gasteiger partial charge in [-0.3, -0.25) is 9.89 Å². The van der Waals surface area contributed by atoms with E-state index in [1.54, 1.807) is 12.3 Å². The summed E-state index contributed by atoms with van der Waals surface area (Å²) in [6.07, 6.45) is 6.11. The predicted octanol–water partition coefficient (Wildman–Crippen LogP) is 1.99. The third kappa shape index (κ3) is 2.67. The fraction of sp³-hybridized carbons (Fsp3) is 0.467. The predicted molar refractivity (Wildman–Crippen MR) is 76.4 cm³/mol. The van der Waals surface area contributed by atoms with Crippen molar-refractivity contribution in [2.75, 3.05) is 0 Å². The minimum absolute atomic E-state index is 0.126. The standard InChI is InChI=1S/C15H19N3O2/c19-14-5-3-1-2-4-13(14)17-15(20)10-6-7-12-11(8-10)9-16-18-12/h6-9,13-14,19H,1-5H2,(H,16,18)(H,17,20). The van der Waals surface area contributed by atoms with Crippen molar-refractivity contribution in [1.29, 1.82) is 0 Å². The van der Waals surface area contributed by atoms with E-state index in [2.05, 4.69) is 15.5 Å². The normalized spacial score (nSPS) is 23.4. The lowest BCUT2D eigenvalue weighted by atomic mass is 10.1. The molecule has 1 aromatic heterocycles. The smallest absolute Gasteiger partial charge is 0.251 e. The summed E-state index contributed by atoms with van der Waals surface area (Å²) in [7, 11) is 0. The molecule has 1 saturated carbocycles. The molecule has 1 heterocycles. The maximum absolute atomic E-state index is 12.3. The molecule has 2 aromatic rings. The minimum atomic E-state index is -0.431. The van der Waals surface area contributed by atoms with Gasteiger partial charge in [-0.2, -0.15) is 5.10 Å². The molecule has 1 amide bonds. The number of nitrogens with zero attached hydrogens (tertiary/aromatic N) is 1. The second-order valence-electron chi connectivity index (χ2n) is 5.46. The third-order valence-electron chi connectivity index (χ3n) is 4.00. The van der Waals surface area contributed by atoms with Gasteiger partial charge in [-0.25, -0.2) is 0 Å². The molecule has 3 rings (SSSR count). The summed E-state index contributed by atoms with van der Waals surface area (Å²) in [5.41, 5.74) is 1.52. The van der Waals surface area contributed by atoms with E-state index in [9.17, 15) is 9.90 Å². The van der Waals surface area contributed by atoms with Gasteiger partial charge in [0, 0.05) is 10.9 Å². The SMILES string of the molecule is O=C(NC1CCCCCC1O)c1ccc2[nH]ncc2c1. The highest BCUT2D eigenvalue weighted by atomic mass is 16.3. The Kier molecular flexibility index (Phi) is 3.69. The zero-order valence-electron chi connectivity index (χ0n) is 11.3. The van der Waals surface area contributed by atoms with Crippen molar-refractivity contribution in [3.05, 3.63) is 30.0 Å². The number of aromatic nitrogens is 2. The second-order valence-corrected chi connectivity index (χ2v) is 5.46. The Labute approximate surface area is 117 Å². The Bertz CT molecular complexity index is 608. The number of nitrogens with one attached hydrogen (secondary N) is 2. The van der Waals surface area contributed by atoms with E-state index in [4.69, 9.17) is 0 Å². The van der Waals surface area contributed by atoms with Gasteiger partial charge < -0.3 is 10.4 Å². The number of H-pyrrole nitrogens is 1. The van der Waals surface area contributed by atoms with Crippen LogP contribution in [0.15, 0.2) is 24.4 Å². The van der Waals surface area contributed by atoms with Crippen LogP contribution in [0.1, 0.15) is 42.5 Å². The van der Waals surface area contributed by atoms with E-state index < -0.39 is 6.10 Å². The van der Waals surface area contributed by atoms with Crippen LogP contribution >= 0.6 is 0 Å². The lowest BCUT2D eigenvalue weighted by molar-refractivity contribution is 0.0819. The summed E-state index contributed by atoms with van der Waals surface area (Å²) in [6.45, 7) is 0. The second kappa shape index (κ2) is 5.63. The minimum Gasteiger partial charge on any atom is -0.391 e. The van der Waals surface area contributed by atoms with Crippen molar-refractivity contribution >= 4 is 16.8 Å². The quantitative estimate of drug-likeness (QED) is 0.732. The zero-order chi connectivity index (χ0) is 13.9. The Morgan fingerprint density at radius 2 is 2.15 bits per heavy atom. The van der Waals surface area contributed by atoms with Crippen LogP contribution in [-0.2, 0) is 0 Å². The van der Waals surface area contributed by atoms with Crippen LogP contribution in [-0.4, -0.2) is 33.4 Å². The molecule has 0 spiro atoms. The van der Waals surface area contributed by atoms with Crippen molar-refractivity contribution in [2.24, 2.45) is 0 Å². The largest absolute Gasteiger partial charge is 0.391 e. The molecule has 1 aliphatic rings. The lowest BCUT2D eigenvalue weighted by Gasteiger charge is -2.21. The summed E-state index contributed by atoms with van der Waals surface area (Å²) < 4.78 is 0. The molecular weight excluding hydrogens is 254 g/mol. The first-order chi connectivity index (χ1) is 9.74. The number of fused-ring (bicyclic) bond motifs is 1. The molecule has 0 radical (unpaired) electrons. The monoisotopic (exact) mass is 273 g/mol. The van der Waals surface area contributed by atoms with Crippen molar-refractivity contribution < 1.29 is 9.90 Å². The summed E-state index contributed by atoms with van der Waals surface area (Å²) in [6, 6.07) is 5.31. The third-order valence-corrected chi connectivity index (χ3v) is 4.00. The van der Waals surface area contributed by atoms with Crippen molar-refractivity contribution in [2.45, 2.75) is 44.2 Å². The maximum atomic E-state index is 12.3. The number of carbonyl (C=O) groups excluding carboxylic acids is 1. The average Bonchev–Trinajstić information content (AvgIpc) is 2.83. The van der Waals surface area contributed by atoms with Crippen LogP contribution < -0.4 is 5.32 Å². The van der Waals surface area contributed by atoms with E-state index >= 15 is 0 Å². The Balaban J connectivity index is 1.74. The average molecular weight is 273 g/mol. The van der Waals surface area contributed by atoms with Crippen LogP contribution in [0.25, 0.3) is 10.9 Å². The topological polar surface area (TPSA) is 78.0 Å². The maximum Gasteiger partial charge on any atom is 0.251 e. The van der Waals surface area contributed by atoms with E-state index in [-0.39, 0.29) is 11.9 Å². The molecule has 2 unspecified atom stereocenters. The molecule has 1 aromatic carbocycles. The van der Waals surface area contributed by atoms with E-state index in [1.807, 2.05) is 12.1 Å². The van der Waals surface area contributed by atoms with Gasteiger partial charge in [0.2, 0.25) is 0 Å². The molecule has 1 aliphatic carbocycles. The Hall–Kier alpha value is -1.88. The summed E-state index contributed by atoms with van der Waals surface area (Å²) >= 11 is 0. The molecule has 2 atom stereocenters. The van der Waals surface area contributed by atoms with Crippen LogP contribution in [0.2, 0.25) is 0 Å². The highest BCUT2D eigenvalue weighted by molar-refractivity contribution is 5.98. The van der Waals surface area contributed by atoms with Crippen molar-refractivity contribution in [1.82, 2.24) is 15.5 Å². The number of aliphatic hydroxyl groups is 1. The highest BCUT2D eigenvalue weighted by Crippen LogP contribution is 2.19. The molecule has 5 nitrogen and oxygen atoms in total. The number of hydrogen-bond acceptors (Lipinski definition) is 3. The molecule has 0 saturated heterocycles. The first-order valence-corrected chi connectivity index (χ1v) is 7.16. The van der Waals surface area contributed by atoms with E-state index in [0.717, 1.165) is 43.0 Å². The summed E-state index contributed by atoms with van der Waals surface area (Å²) in [5.74, 6) is -0.126. The van der Waals surface area contributed by atoms with Gasteiger partial charge in [0.25, 0.3) is 5.91 Å². The zero-order valence-corrected chi connectivity index (χ0v) is 11.3. The van der Waals surface area contributed by atoms with Crippen LogP contribution in [0.4, 0.5) is 0 Å². The number of carbonyl (C=O) groups is 1. The number of aromatic amines is 1. The number of amides is 1. The summed E-state index contributed by atoms with van der Waals surface area (Å²) in [5, 5.41) is 20.7. The van der Waals surface area contributed by atoms with Gasteiger partial charge >= 0.3 is 0 Å². The van der Waals surface area contributed by atoms with E-state index in [1.165, 1.54) is 0 Å². The molecule has 1 fully saturated rings.